The number of hydrogen-bond donors (Lipinski definition) is 1. The Bertz CT molecular complexity index is 617. The summed E-state index contributed by atoms with van der Waals surface area (Å²) in [7, 11) is 0. The normalized spacial score (nSPS) is 23.4. The summed E-state index contributed by atoms with van der Waals surface area (Å²) in [5, 5.41) is 8.84. The van der Waals surface area contributed by atoms with Gasteiger partial charge < -0.3 is 34.3 Å². The molecule has 2 aliphatic carbocycles. The number of aldehydes is 1. The number of allylic oxidation sites excluding steroid dienone is 2. The molecule has 0 unspecified atom stereocenters. The van der Waals surface area contributed by atoms with Crippen molar-refractivity contribution in [2.45, 2.75) is 76.8 Å². The van der Waals surface area contributed by atoms with Crippen molar-refractivity contribution < 1.29 is 34.3 Å². The summed E-state index contributed by atoms with van der Waals surface area (Å²) in [6, 6.07) is 0. The predicted octanol–water partition coefficient (Wildman–Crippen LogP) is 2.72. The van der Waals surface area contributed by atoms with Gasteiger partial charge in [0.1, 0.15) is 6.29 Å². The van der Waals surface area contributed by atoms with E-state index >= 15 is 0 Å². The molecule has 8 heteroatoms. The van der Waals surface area contributed by atoms with Crippen molar-refractivity contribution in [3.8, 4) is 0 Å². The Labute approximate surface area is 186 Å². The predicted molar refractivity (Wildman–Crippen MR) is 119 cm³/mol. The number of aliphatic hydroxyl groups is 1. The fourth-order valence-electron chi connectivity index (χ4n) is 4.77. The first kappa shape index (κ1) is 27.3. The molecule has 2 fully saturated rings. The largest absolute Gasteiger partial charge is 0.412 e. The van der Waals surface area contributed by atoms with Gasteiger partial charge in [0, 0.05) is 25.9 Å². The Kier molecular flexibility index (Phi) is 11.2. The van der Waals surface area contributed by atoms with Gasteiger partial charge in [-0.2, -0.15) is 13.5 Å². The molecule has 0 bridgehead atoms. The summed E-state index contributed by atoms with van der Waals surface area (Å²) < 4.78 is 22.8. The van der Waals surface area contributed by atoms with Crippen LogP contribution in [-0.2, 0) is 23.7 Å². The van der Waals surface area contributed by atoms with E-state index in [1.165, 1.54) is 22.3 Å². The highest BCUT2D eigenvalue weighted by atomic mass is 32.1. The second-order valence-corrected chi connectivity index (χ2v) is 7.95. The molecule has 174 valence electrons. The molecule has 2 aliphatic heterocycles. The molecule has 0 radical (unpaired) electrons. The zero-order valence-corrected chi connectivity index (χ0v) is 19.3. The summed E-state index contributed by atoms with van der Waals surface area (Å²) in [5.41, 5.74) is 5.22. The second kappa shape index (κ2) is 12.3. The molecule has 0 aromatic rings. The average molecular weight is 447 g/mol. The fraction of sp³-hybridized carbons (Fsp3) is 0.773. The number of ether oxygens (including phenoxy) is 4. The highest BCUT2D eigenvalue weighted by Crippen LogP contribution is 2.44. The molecule has 0 aromatic heterocycles. The Hall–Kier alpha value is -0.740. The summed E-state index contributed by atoms with van der Waals surface area (Å²) in [5.74, 6) is -0.855. The van der Waals surface area contributed by atoms with Crippen molar-refractivity contribution >= 4 is 19.8 Å². The smallest absolute Gasteiger partial charge is 0.191 e. The van der Waals surface area contributed by atoms with E-state index in [1.807, 2.05) is 0 Å². The fourth-order valence-corrected chi connectivity index (χ4v) is 4.77. The quantitative estimate of drug-likeness (QED) is 0.497. The van der Waals surface area contributed by atoms with Crippen LogP contribution in [0.2, 0.25) is 0 Å². The first-order valence-electron chi connectivity index (χ1n) is 10.6. The van der Waals surface area contributed by atoms with Gasteiger partial charge in [0.05, 0.1) is 26.4 Å². The van der Waals surface area contributed by atoms with E-state index in [-0.39, 0.29) is 25.6 Å². The molecule has 0 aromatic carbocycles. The summed E-state index contributed by atoms with van der Waals surface area (Å²) in [6.07, 6.45) is 8.02. The lowest BCUT2D eigenvalue weighted by Crippen LogP contribution is -2.29. The van der Waals surface area contributed by atoms with Crippen LogP contribution in [0.15, 0.2) is 22.3 Å². The van der Waals surface area contributed by atoms with Crippen molar-refractivity contribution in [3.63, 3.8) is 0 Å². The van der Waals surface area contributed by atoms with E-state index in [4.69, 9.17) is 24.1 Å². The van der Waals surface area contributed by atoms with Gasteiger partial charge in [-0.25, -0.2) is 0 Å². The standard InChI is InChI=1S/C11H18O3.C11H16O3.H2O.H2S/c2*1-9-4-5-11(13-7-8-14-11)10(9)3-2-6-12;;/h12H,2-8H2,1H3;6H,2-5,7-8H2,1H3;2*1H2. The first-order chi connectivity index (χ1) is 13.6. The third-order valence-corrected chi connectivity index (χ3v) is 6.21. The van der Waals surface area contributed by atoms with Gasteiger partial charge in [0.25, 0.3) is 0 Å². The van der Waals surface area contributed by atoms with Crippen LogP contribution >= 0.6 is 13.5 Å². The minimum absolute atomic E-state index is 0. The maximum Gasteiger partial charge on any atom is 0.191 e. The van der Waals surface area contributed by atoms with Crippen LogP contribution in [0.25, 0.3) is 0 Å². The van der Waals surface area contributed by atoms with Gasteiger partial charge in [0.2, 0.25) is 0 Å². The molecule has 4 aliphatic rings. The van der Waals surface area contributed by atoms with Crippen molar-refractivity contribution in [2.24, 2.45) is 0 Å². The monoisotopic (exact) mass is 446 g/mol. The lowest BCUT2D eigenvalue weighted by molar-refractivity contribution is -0.126. The molecule has 0 saturated carbocycles. The van der Waals surface area contributed by atoms with Crippen LogP contribution in [0.1, 0.15) is 65.2 Å². The maximum absolute atomic E-state index is 10.4. The molecule has 2 heterocycles. The zero-order valence-electron chi connectivity index (χ0n) is 18.3. The molecule has 7 nitrogen and oxygen atoms in total. The van der Waals surface area contributed by atoms with Crippen molar-refractivity contribution in [3.05, 3.63) is 22.3 Å². The van der Waals surface area contributed by atoms with Gasteiger partial charge >= 0.3 is 0 Å². The molecule has 2 saturated heterocycles. The summed E-state index contributed by atoms with van der Waals surface area (Å²) in [4.78, 5) is 10.4. The maximum atomic E-state index is 10.4. The number of carbonyl (C=O) groups is 1. The van der Waals surface area contributed by atoms with Crippen molar-refractivity contribution in [1.82, 2.24) is 0 Å². The molecule has 0 atom stereocenters. The number of hydrogen-bond acceptors (Lipinski definition) is 6. The topological polar surface area (TPSA) is 106 Å². The highest BCUT2D eigenvalue weighted by Gasteiger charge is 2.45. The SMILES string of the molecule is CC1=C(CCC=O)C2(CC1)OCCO2.CC1=C(CCCO)C2(CC1)OCCO2.O.S. The lowest BCUT2D eigenvalue weighted by Gasteiger charge is -2.25. The molecule has 4 rings (SSSR count). The van der Waals surface area contributed by atoms with Crippen LogP contribution in [0, 0.1) is 0 Å². The third-order valence-electron chi connectivity index (χ3n) is 6.21. The third kappa shape index (κ3) is 5.73. The number of aliphatic hydroxyl groups excluding tert-OH is 1. The Morgan fingerprint density at radius 3 is 1.70 bits per heavy atom. The zero-order chi connectivity index (χ0) is 20.0. The van der Waals surface area contributed by atoms with Crippen molar-refractivity contribution in [1.29, 1.82) is 0 Å². The van der Waals surface area contributed by atoms with E-state index in [0.717, 1.165) is 51.2 Å². The van der Waals surface area contributed by atoms with Crippen LogP contribution in [0.4, 0.5) is 0 Å². The second-order valence-electron chi connectivity index (χ2n) is 7.95. The van der Waals surface area contributed by atoms with Crippen LogP contribution in [-0.4, -0.2) is 61.5 Å². The number of carbonyl (C=O) groups excluding carboxylic acids is 1. The molecular formula is C22H38O7S. The van der Waals surface area contributed by atoms with Gasteiger partial charge in [-0.3, -0.25) is 0 Å². The van der Waals surface area contributed by atoms with E-state index in [1.54, 1.807) is 0 Å². The van der Waals surface area contributed by atoms with Crippen LogP contribution in [0.3, 0.4) is 0 Å². The first-order valence-corrected chi connectivity index (χ1v) is 10.6. The molecule has 0 amide bonds. The number of rotatable bonds is 6. The average Bonchev–Trinajstić information content (AvgIpc) is 3.47. The molecule has 2 spiro atoms. The molecule has 30 heavy (non-hydrogen) atoms. The van der Waals surface area contributed by atoms with Crippen molar-refractivity contribution in [2.75, 3.05) is 33.0 Å². The Balaban J connectivity index is 0.000000281. The van der Waals surface area contributed by atoms with Crippen LogP contribution in [0.5, 0.6) is 0 Å². The summed E-state index contributed by atoms with van der Waals surface area (Å²) >= 11 is 0. The molecular weight excluding hydrogens is 408 g/mol. The van der Waals surface area contributed by atoms with E-state index < -0.39 is 11.6 Å². The van der Waals surface area contributed by atoms with Gasteiger partial charge in [-0.1, -0.05) is 11.1 Å². The minimum atomic E-state index is -0.451. The van der Waals surface area contributed by atoms with Gasteiger partial charge in [-0.15, -0.1) is 0 Å². The lowest BCUT2D eigenvalue weighted by atomic mass is 10.0. The Morgan fingerprint density at radius 2 is 1.30 bits per heavy atom. The van der Waals surface area contributed by atoms with Crippen LogP contribution < -0.4 is 0 Å². The van der Waals surface area contributed by atoms with E-state index in [2.05, 4.69) is 13.8 Å². The van der Waals surface area contributed by atoms with Gasteiger partial charge in [-0.05, 0) is 57.1 Å². The van der Waals surface area contributed by atoms with E-state index in [0.29, 0.717) is 32.8 Å². The Morgan fingerprint density at radius 1 is 0.867 bits per heavy atom. The minimum Gasteiger partial charge on any atom is -0.412 e. The molecule has 3 N–H and O–H groups in total. The van der Waals surface area contributed by atoms with Gasteiger partial charge in [0.15, 0.2) is 11.6 Å². The van der Waals surface area contributed by atoms with E-state index in [9.17, 15) is 4.79 Å². The summed E-state index contributed by atoms with van der Waals surface area (Å²) in [6.45, 7) is 7.26. The highest BCUT2D eigenvalue weighted by molar-refractivity contribution is 7.59.